The summed E-state index contributed by atoms with van der Waals surface area (Å²) in [5.41, 5.74) is 6.59. The van der Waals surface area contributed by atoms with Crippen molar-refractivity contribution < 1.29 is 9.47 Å². The van der Waals surface area contributed by atoms with E-state index in [1.54, 1.807) is 12.1 Å². The molecule has 0 aromatic heterocycles. The van der Waals surface area contributed by atoms with Crippen LogP contribution in [0.1, 0.15) is 5.56 Å². The molecule has 2 aromatic rings. The quantitative estimate of drug-likeness (QED) is 0.616. The molecule has 0 saturated heterocycles. The Balaban J connectivity index is 1.86. The zero-order chi connectivity index (χ0) is 15.2. The molecule has 0 aliphatic rings. The monoisotopic (exact) mass is 345 g/mol. The molecule has 2 N–H and O–H groups in total. The van der Waals surface area contributed by atoms with Crippen molar-refractivity contribution in [3.8, 4) is 11.5 Å². The summed E-state index contributed by atoms with van der Waals surface area (Å²) in [5.74, 6) is 1.23. The van der Waals surface area contributed by atoms with Gasteiger partial charge in [-0.2, -0.15) is 0 Å². The molecule has 21 heavy (non-hydrogen) atoms. The minimum Gasteiger partial charge on any atom is -0.490 e. The minimum atomic E-state index is 0.338. The highest BCUT2D eigenvalue weighted by molar-refractivity contribution is 6.43. The van der Waals surface area contributed by atoms with Gasteiger partial charge in [-0.25, -0.2) is 0 Å². The maximum Gasteiger partial charge on any atom is 0.139 e. The number of halogens is 3. The molecule has 0 aliphatic heterocycles. The van der Waals surface area contributed by atoms with Crippen molar-refractivity contribution in [2.24, 2.45) is 5.73 Å². The van der Waals surface area contributed by atoms with E-state index in [9.17, 15) is 0 Å². The van der Waals surface area contributed by atoms with E-state index in [2.05, 4.69) is 0 Å². The SMILES string of the molecule is NCc1cccc(OCCOc2cc(Cl)c(Cl)cc2Cl)c1. The topological polar surface area (TPSA) is 44.5 Å². The maximum absolute atomic E-state index is 6.01. The summed E-state index contributed by atoms with van der Waals surface area (Å²) in [6, 6.07) is 10.7. The van der Waals surface area contributed by atoms with E-state index in [1.807, 2.05) is 24.3 Å². The lowest BCUT2D eigenvalue weighted by atomic mass is 10.2. The number of benzene rings is 2. The van der Waals surface area contributed by atoms with Crippen LogP contribution in [0, 0.1) is 0 Å². The molecule has 0 aliphatic carbocycles. The third kappa shape index (κ3) is 4.68. The summed E-state index contributed by atoms with van der Waals surface area (Å²) < 4.78 is 11.1. The van der Waals surface area contributed by atoms with Crippen molar-refractivity contribution in [2.75, 3.05) is 13.2 Å². The molecule has 0 unspecified atom stereocenters. The average Bonchev–Trinajstić information content (AvgIpc) is 2.48. The molecule has 0 bridgehead atoms. The molecule has 0 spiro atoms. The van der Waals surface area contributed by atoms with E-state index >= 15 is 0 Å². The first-order chi connectivity index (χ1) is 10.1. The van der Waals surface area contributed by atoms with Crippen LogP contribution in [0.25, 0.3) is 0 Å². The molecule has 2 rings (SSSR count). The molecule has 6 heteroatoms. The first-order valence-corrected chi connectivity index (χ1v) is 7.42. The van der Waals surface area contributed by atoms with Crippen LogP contribution in [-0.2, 0) is 6.54 Å². The second kappa shape index (κ2) is 7.76. The molecular formula is C15H14Cl3NO2. The van der Waals surface area contributed by atoms with Gasteiger partial charge in [0.05, 0.1) is 15.1 Å². The Morgan fingerprint density at radius 3 is 2.33 bits per heavy atom. The molecule has 0 atom stereocenters. The Labute approximate surface area is 138 Å². The van der Waals surface area contributed by atoms with Crippen LogP contribution in [0.3, 0.4) is 0 Å². The van der Waals surface area contributed by atoms with Crippen LogP contribution < -0.4 is 15.2 Å². The van der Waals surface area contributed by atoms with Crippen molar-refractivity contribution >= 4 is 34.8 Å². The van der Waals surface area contributed by atoms with Gasteiger partial charge in [0.1, 0.15) is 24.7 Å². The van der Waals surface area contributed by atoms with Crippen LogP contribution >= 0.6 is 34.8 Å². The predicted molar refractivity (Wildman–Crippen MR) is 86.8 cm³/mol. The Morgan fingerprint density at radius 2 is 1.57 bits per heavy atom. The van der Waals surface area contributed by atoms with Gasteiger partial charge in [-0.3, -0.25) is 0 Å². The Bertz CT molecular complexity index is 620. The minimum absolute atomic E-state index is 0.338. The van der Waals surface area contributed by atoms with Crippen molar-refractivity contribution in [3.63, 3.8) is 0 Å². The van der Waals surface area contributed by atoms with Gasteiger partial charge < -0.3 is 15.2 Å². The molecule has 0 saturated carbocycles. The second-order valence-corrected chi connectivity index (χ2v) is 5.47. The summed E-state index contributed by atoms with van der Waals surface area (Å²) in [7, 11) is 0. The van der Waals surface area contributed by atoms with Gasteiger partial charge in [0, 0.05) is 12.6 Å². The van der Waals surface area contributed by atoms with Gasteiger partial charge in [-0.1, -0.05) is 46.9 Å². The summed E-state index contributed by atoms with van der Waals surface area (Å²) in [5, 5.41) is 1.20. The highest BCUT2D eigenvalue weighted by atomic mass is 35.5. The van der Waals surface area contributed by atoms with E-state index in [-0.39, 0.29) is 0 Å². The lowest BCUT2D eigenvalue weighted by molar-refractivity contribution is 0.217. The second-order valence-electron chi connectivity index (χ2n) is 4.25. The average molecular weight is 347 g/mol. The van der Waals surface area contributed by atoms with Gasteiger partial charge >= 0.3 is 0 Å². The molecule has 0 radical (unpaired) electrons. The van der Waals surface area contributed by atoms with Gasteiger partial charge in [-0.15, -0.1) is 0 Å². The lowest BCUT2D eigenvalue weighted by Gasteiger charge is -2.11. The maximum atomic E-state index is 6.01. The first kappa shape index (κ1) is 16.2. The van der Waals surface area contributed by atoms with Gasteiger partial charge in [0.15, 0.2) is 0 Å². The fourth-order valence-corrected chi connectivity index (χ4v) is 2.28. The zero-order valence-corrected chi connectivity index (χ0v) is 13.4. The Kier molecular flexibility index (Phi) is 6.00. The largest absolute Gasteiger partial charge is 0.490 e. The Hall–Kier alpha value is -1.13. The predicted octanol–water partition coefficient (Wildman–Crippen LogP) is 4.56. The fraction of sp³-hybridized carbons (Fsp3) is 0.200. The van der Waals surface area contributed by atoms with E-state index in [1.165, 1.54) is 0 Å². The summed E-state index contributed by atoms with van der Waals surface area (Å²) in [6.45, 7) is 1.20. The summed E-state index contributed by atoms with van der Waals surface area (Å²) >= 11 is 17.8. The molecule has 0 fully saturated rings. The third-order valence-electron chi connectivity index (χ3n) is 2.72. The van der Waals surface area contributed by atoms with Crippen molar-refractivity contribution in [2.45, 2.75) is 6.54 Å². The zero-order valence-electron chi connectivity index (χ0n) is 11.1. The number of hydrogen-bond donors (Lipinski definition) is 1. The van der Waals surface area contributed by atoms with E-state index in [0.29, 0.717) is 40.6 Å². The normalized spacial score (nSPS) is 10.5. The third-order valence-corrected chi connectivity index (χ3v) is 3.74. The lowest BCUT2D eigenvalue weighted by Crippen LogP contribution is -2.09. The van der Waals surface area contributed by atoms with Crippen LogP contribution in [0.5, 0.6) is 11.5 Å². The van der Waals surface area contributed by atoms with Crippen molar-refractivity contribution in [3.05, 3.63) is 57.0 Å². The molecular weight excluding hydrogens is 333 g/mol. The first-order valence-electron chi connectivity index (χ1n) is 6.29. The van der Waals surface area contributed by atoms with Gasteiger partial charge in [0.2, 0.25) is 0 Å². The number of hydrogen-bond acceptors (Lipinski definition) is 3. The molecule has 0 amide bonds. The molecule has 3 nitrogen and oxygen atoms in total. The Morgan fingerprint density at radius 1 is 0.857 bits per heavy atom. The fourth-order valence-electron chi connectivity index (χ4n) is 1.69. The van der Waals surface area contributed by atoms with Crippen LogP contribution in [0.4, 0.5) is 0 Å². The smallest absolute Gasteiger partial charge is 0.139 e. The standard InChI is InChI=1S/C15H14Cl3NO2/c16-12-7-14(18)15(8-13(12)17)21-5-4-20-11-3-1-2-10(6-11)9-19/h1-3,6-8H,4-5,9,19H2. The number of rotatable bonds is 6. The van der Waals surface area contributed by atoms with Gasteiger partial charge in [0.25, 0.3) is 0 Å². The number of ether oxygens (including phenoxy) is 2. The molecule has 112 valence electrons. The van der Waals surface area contributed by atoms with Crippen molar-refractivity contribution in [1.29, 1.82) is 0 Å². The van der Waals surface area contributed by atoms with E-state index < -0.39 is 0 Å². The molecule has 0 heterocycles. The van der Waals surface area contributed by atoms with Crippen LogP contribution in [-0.4, -0.2) is 13.2 Å². The molecule has 2 aromatic carbocycles. The van der Waals surface area contributed by atoms with Crippen molar-refractivity contribution in [1.82, 2.24) is 0 Å². The van der Waals surface area contributed by atoms with E-state index in [0.717, 1.165) is 11.3 Å². The van der Waals surface area contributed by atoms with Crippen LogP contribution in [0.2, 0.25) is 15.1 Å². The van der Waals surface area contributed by atoms with Crippen LogP contribution in [0.15, 0.2) is 36.4 Å². The number of nitrogens with two attached hydrogens (primary N) is 1. The highest BCUT2D eigenvalue weighted by Crippen LogP contribution is 2.33. The van der Waals surface area contributed by atoms with E-state index in [4.69, 9.17) is 50.0 Å². The summed E-state index contributed by atoms with van der Waals surface area (Å²) in [6.07, 6.45) is 0. The summed E-state index contributed by atoms with van der Waals surface area (Å²) in [4.78, 5) is 0. The highest BCUT2D eigenvalue weighted by Gasteiger charge is 2.07. The van der Waals surface area contributed by atoms with Gasteiger partial charge in [-0.05, 0) is 23.8 Å².